The number of ether oxygens (including phenoxy) is 1. The summed E-state index contributed by atoms with van der Waals surface area (Å²) >= 11 is 0. The number of benzene rings is 2. The molecule has 5 rings (SSSR count). The van der Waals surface area contributed by atoms with Crippen molar-refractivity contribution in [1.29, 1.82) is 0 Å². The van der Waals surface area contributed by atoms with Gasteiger partial charge in [0.15, 0.2) is 11.5 Å². The van der Waals surface area contributed by atoms with Crippen LogP contribution in [-0.4, -0.2) is 34.3 Å². The lowest BCUT2D eigenvalue weighted by molar-refractivity contribution is 0.279. The van der Waals surface area contributed by atoms with Crippen LogP contribution in [0.15, 0.2) is 60.9 Å². The molecule has 0 aliphatic heterocycles. The molecule has 0 saturated carbocycles. The van der Waals surface area contributed by atoms with Gasteiger partial charge in [-0.3, -0.25) is 4.40 Å². The van der Waals surface area contributed by atoms with E-state index in [4.69, 9.17) is 9.72 Å². The summed E-state index contributed by atoms with van der Waals surface area (Å²) in [7, 11) is 0. The van der Waals surface area contributed by atoms with E-state index >= 15 is 0 Å². The molecule has 0 fully saturated rings. The van der Waals surface area contributed by atoms with Gasteiger partial charge in [0.1, 0.15) is 36.0 Å². The molecular weight excluding hydrogens is 409 g/mol. The Labute approximate surface area is 183 Å². The van der Waals surface area contributed by atoms with Crippen LogP contribution in [0.4, 0.5) is 4.39 Å². The van der Waals surface area contributed by atoms with Crippen molar-refractivity contribution in [2.24, 2.45) is 0 Å². The van der Waals surface area contributed by atoms with Gasteiger partial charge in [0.05, 0.1) is 0 Å². The van der Waals surface area contributed by atoms with Crippen LogP contribution in [0.2, 0.25) is 0 Å². The highest BCUT2D eigenvalue weighted by Crippen LogP contribution is 2.35. The third-order valence-electron chi connectivity index (χ3n) is 5.19. The van der Waals surface area contributed by atoms with E-state index in [1.165, 1.54) is 12.4 Å². The Hall–Kier alpha value is -4.14. The van der Waals surface area contributed by atoms with Crippen molar-refractivity contribution >= 4 is 5.65 Å². The van der Waals surface area contributed by atoms with E-state index in [1.54, 1.807) is 22.9 Å². The fraction of sp³-hybridized carbons (Fsp3) is 0.174. The molecule has 8 nitrogen and oxygen atoms in total. The smallest absolute Gasteiger partial charge is 0.241 e. The predicted octanol–water partition coefficient (Wildman–Crippen LogP) is 4.10. The Morgan fingerprint density at radius 1 is 1.00 bits per heavy atom. The summed E-state index contributed by atoms with van der Waals surface area (Å²) in [5, 5.41) is 12.7. The van der Waals surface area contributed by atoms with Gasteiger partial charge in [-0.2, -0.15) is 10.1 Å². The van der Waals surface area contributed by atoms with Crippen LogP contribution in [0.3, 0.4) is 0 Å². The van der Waals surface area contributed by atoms with Crippen LogP contribution in [0, 0.1) is 12.7 Å². The SMILES string of the molecule is CCn1ncnc1COc1nc2c(-c3ccccc3F)nnc(C)n2c1-c1ccccc1. The van der Waals surface area contributed by atoms with Gasteiger partial charge < -0.3 is 4.74 Å². The summed E-state index contributed by atoms with van der Waals surface area (Å²) in [6.45, 7) is 4.68. The first-order valence-electron chi connectivity index (χ1n) is 10.2. The number of nitrogens with zero attached hydrogens (tertiary/aromatic N) is 7. The van der Waals surface area contributed by atoms with Crippen LogP contribution in [0.1, 0.15) is 18.6 Å². The van der Waals surface area contributed by atoms with E-state index in [9.17, 15) is 4.39 Å². The monoisotopic (exact) mass is 429 g/mol. The number of aryl methyl sites for hydroxylation is 2. The summed E-state index contributed by atoms with van der Waals surface area (Å²) in [5.41, 5.74) is 2.74. The fourth-order valence-electron chi connectivity index (χ4n) is 3.66. The third-order valence-corrected chi connectivity index (χ3v) is 5.19. The second-order valence-corrected chi connectivity index (χ2v) is 7.15. The standard InChI is InChI=1S/C23H20FN7O/c1-3-30-19(25-14-26-30)13-32-23-21(16-9-5-4-6-10-16)31-15(2)28-29-20(22(31)27-23)17-11-7-8-12-18(17)24/h4-12,14H,3,13H2,1-2H3. The van der Waals surface area contributed by atoms with Crippen molar-refractivity contribution in [1.82, 2.24) is 34.3 Å². The van der Waals surface area contributed by atoms with Crippen molar-refractivity contribution in [2.75, 3.05) is 0 Å². The molecule has 0 aliphatic carbocycles. The zero-order valence-corrected chi connectivity index (χ0v) is 17.6. The van der Waals surface area contributed by atoms with Crippen LogP contribution in [0.5, 0.6) is 5.88 Å². The molecule has 3 heterocycles. The molecule has 0 spiro atoms. The van der Waals surface area contributed by atoms with Crippen molar-refractivity contribution < 1.29 is 9.13 Å². The Kier molecular flexibility index (Phi) is 5.06. The second kappa shape index (κ2) is 8.18. The summed E-state index contributed by atoms with van der Waals surface area (Å²) in [5.74, 6) is 1.29. The molecule has 160 valence electrons. The Balaban J connectivity index is 1.71. The maximum atomic E-state index is 14.6. The van der Waals surface area contributed by atoms with Gasteiger partial charge in [-0.15, -0.1) is 10.2 Å². The molecule has 3 aromatic heterocycles. The second-order valence-electron chi connectivity index (χ2n) is 7.15. The Bertz CT molecular complexity index is 1390. The molecule has 0 unspecified atom stereocenters. The quantitative estimate of drug-likeness (QED) is 0.404. The van der Waals surface area contributed by atoms with Gasteiger partial charge in [-0.1, -0.05) is 42.5 Å². The van der Waals surface area contributed by atoms with E-state index in [1.807, 2.05) is 48.6 Å². The van der Waals surface area contributed by atoms with Crippen molar-refractivity contribution in [2.45, 2.75) is 27.0 Å². The first-order chi connectivity index (χ1) is 15.7. The molecule has 0 saturated heterocycles. The number of rotatable bonds is 6. The Morgan fingerprint density at radius 3 is 2.56 bits per heavy atom. The number of fused-ring (bicyclic) bond motifs is 1. The van der Waals surface area contributed by atoms with Crippen molar-refractivity contribution in [3.05, 3.63) is 78.4 Å². The molecule has 0 aliphatic rings. The topological polar surface area (TPSA) is 83.0 Å². The van der Waals surface area contributed by atoms with Gasteiger partial charge in [0.2, 0.25) is 5.88 Å². The van der Waals surface area contributed by atoms with Crippen LogP contribution < -0.4 is 4.74 Å². The molecule has 0 bridgehead atoms. The first kappa shape index (κ1) is 19.8. The number of hydrogen-bond acceptors (Lipinski definition) is 6. The van der Waals surface area contributed by atoms with Crippen LogP contribution in [-0.2, 0) is 13.2 Å². The van der Waals surface area contributed by atoms with Crippen LogP contribution in [0.25, 0.3) is 28.2 Å². The van der Waals surface area contributed by atoms with E-state index in [0.717, 1.165) is 5.56 Å². The van der Waals surface area contributed by atoms with E-state index < -0.39 is 5.82 Å². The van der Waals surface area contributed by atoms with Crippen LogP contribution >= 0.6 is 0 Å². The highest BCUT2D eigenvalue weighted by Gasteiger charge is 2.23. The minimum atomic E-state index is -0.393. The lowest BCUT2D eigenvalue weighted by atomic mass is 10.1. The maximum Gasteiger partial charge on any atom is 0.241 e. The minimum absolute atomic E-state index is 0.187. The highest BCUT2D eigenvalue weighted by molar-refractivity contribution is 5.79. The highest BCUT2D eigenvalue weighted by atomic mass is 19.1. The lowest BCUT2D eigenvalue weighted by Gasteiger charge is -2.09. The molecule has 0 atom stereocenters. The fourth-order valence-corrected chi connectivity index (χ4v) is 3.66. The molecule has 2 aromatic carbocycles. The average Bonchev–Trinajstić information content (AvgIpc) is 3.44. The molecule has 5 aromatic rings. The van der Waals surface area contributed by atoms with Crippen molar-refractivity contribution in [3.8, 4) is 28.4 Å². The van der Waals surface area contributed by atoms with Gasteiger partial charge in [0.25, 0.3) is 0 Å². The summed E-state index contributed by atoms with van der Waals surface area (Å²) in [6, 6.07) is 16.2. The molecular formula is C23H20FN7O. The maximum absolute atomic E-state index is 14.6. The zero-order valence-electron chi connectivity index (χ0n) is 17.6. The average molecular weight is 429 g/mol. The van der Waals surface area contributed by atoms with E-state index in [-0.39, 0.29) is 6.61 Å². The number of hydrogen-bond donors (Lipinski definition) is 0. The number of halogens is 1. The summed E-state index contributed by atoms with van der Waals surface area (Å²) in [4.78, 5) is 9.01. The minimum Gasteiger partial charge on any atom is -0.468 e. The molecule has 0 radical (unpaired) electrons. The van der Waals surface area contributed by atoms with Crippen molar-refractivity contribution in [3.63, 3.8) is 0 Å². The number of aromatic nitrogens is 7. The largest absolute Gasteiger partial charge is 0.468 e. The molecule has 0 amide bonds. The predicted molar refractivity (Wildman–Crippen MR) is 116 cm³/mol. The summed E-state index contributed by atoms with van der Waals surface area (Å²) in [6.07, 6.45) is 1.50. The molecule has 0 N–H and O–H groups in total. The number of imidazole rings is 1. The van der Waals surface area contributed by atoms with Gasteiger partial charge >= 0.3 is 0 Å². The Morgan fingerprint density at radius 2 is 1.78 bits per heavy atom. The van der Waals surface area contributed by atoms with Gasteiger partial charge in [0, 0.05) is 17.7 Å². The normalized spacial score (nSPS) is 11.2. The molecule has 9 heteroatoms. The third kappa shape index (κ3) is 3.37. The van der Waals surface area contributed by atoms with E-state index in [0.29, 0.717) is 46.7 Å². The molecule has 32 heavy (non-hydrogen) atoms. The summed E-state index contributed by atoms with van der Waals surface area (Å²) < 4.78 is 24.3. The first-order valence-corrected chi connectivity index (χ1v) is 10.2. The lowest BCUT2D eigenvalue weighted by Crippen LogP contribution is -2.08. The van der Waals surface area contributed by atoms with E-state index in [2.05, 4.69) is 20.3 Å². The van der Waals surface area contributed by atoms with Gasteiger partial charge in [-0.05, 0) is 26.0 Å². The van der Waals surface area contributed by atoms with Gasteiger partial charge in [-0.25, -0.2) is 14.1 Å². The zero-order chi connectivity index (χ0) is 22.1.